The summed E-state index contributed by atoms with van der Waals surface area (Å²) in [7, 11) is 0. The second-order valence-corrected chi connectivity index (χ2v) is 7.90. The molecule has 0 radical (unpaired) electrons. The molecule has 0 aliphatic rings. The van der Waals surface area contributed by atoms with Gasteiger partial charge in [0.1, 0.15) is 11.4 Å². The minimum absolute atomic E-state index is 0.602. The maximum Gasteiger partial charge on any atom is 0.144 e. The van der Waals surface area contributed by atoms with Crippen LogP contribution in [0.25, 0.3) is 28.2 Å². The topological polar surface area (TPSA) is 26.5 Å². The first-order valence-electron chi connectivity index (χ1n) is 11.5. The number of aliphatic imine (C=N–C) groups is 1. The molecule has 1 aromatic heterocycles. The van der Waals surface area contributed by atoms with Gasteiger partial charge in [0.25, 0.3) is 0 Å². The minimum Gasteiger partial charge on any atom is -0.492 e. The number of hydrogen-bond acceptors (Lipinski definition) is 2. The van der Waals surface area contributed by atoms with E-state index in [0.717, 1.165) is 45.2 Å². The van der Waals surface area contributed by atoms with Gasteiger partial charge in [-0.05, 0) is 48.4 Å². The highest BCUT2D eigenvalue weighted by Gasteiger charge is 2.18. The zero-order chi connectivity index (χ0) is 23.2. The lowest BCUT2D eigenvalue weighted by molar-refractivity contribution is 0.341. The number of hydrogen-bond donors (Lipinski definition) is 0. The molecule has 0 saturated heterocycles. The summed E-state index contributed by atoms with van der Waals surface area (Å²) in [5.41, 5.74) is 7.46. The SMILES string of the molecule is CCOc1ccccc1N=Cc1cc(-c2ccccc2)n(-c2ccccc2)c1-c1ccccc1. The Hall–Kier alpha value is -4.37. The number of nitrogens with zero attached hydrogens (tertiary/aromatic N) is 2. The van der Waals surface area contributed by atoms with Gasteiger partial charge in [-0.3, -0.25) is 4.99 Å². The van der Waals surface area contributed by atoms with E-state index in [2.05, 4.69) is 83.4 Å². The molecule has 0 saturated carbocycles. The van der Waals surface area contributed by atoms with Crippen LogP contribution in [0.15, 0.2) is 126 Å². The average Bonchev–Trinajstić information content (AvgIpc) is 3.29. The molecule has 0 bridgehead atoms. The Kier molecular flexibility index (Phi) is 6.35. The lowest BCUT2D eigenvalue weighted by Crippen LogP contribution is -2.00. The van der Waals surface area contributed by atoms with Gasteiger partial charge in [-0.15, -0.1) is 0 Å². The van der Waals surface area contributed by atoms with Crippen molar-refractivity contribution < 1.29 is 4.74 Å². The number of benzene rings is 4. The Labute approximate surface area is 200 Å². The monoisotopic (exact) mass is 442 g/mol. The predicted octanol–water partition coefficient (Wildman–Crippen LogP) is 7.96. The first-order valence-corrected chi connectivity index (χ1v) is 11.5. The van der Waals surface area contributed by atoms with Crippen LogP contribution in [0.4, 0.5) is 5.69 Å². The highest BCUT2D eigenvalue weighted by molar-refractivity contribution is 5.94. The Morgan fingerprint density at radius 1 is 0.706 bits per heavy atom. The summed E-state index contributed by atoms with van der Waals surface area (Å²) in [5, 5.41) is 0. The van der Waals surface area contributed by atoms with Crippen molar-refractivity contribution in [2.75, 3.05) is 6.61 Å². The number of para-hydroxylation sites is 3. The van der Waals surface area contributed by atoms with Gasteiger partial charge in [0.15, 0.2) is 0 Å². The summed E-state index contributed by atoms with van der Waals surface area (Å²) in [6, 6.07) is 41.6. The molecule has 3 heteroatoms. The minimum atomic E-state index is 0.602. The molecule has 3 nitrogen and oxygen atoms in total. The molecule has 5 rings (SSSR count). The molecule has 166 valence electrons. The fourth-order valence-corrected chi connectivity index (χ4v) is 4.17. The number of ether oxygens (including phenoxy) is 1. The molecule has 0 aliphatic carbocycles. The van der Waals surface area contributed by atoms with E-state index in [-0.39, 0.29) is 0 Å². The van der Waals surface area contributed by atoms with Gasteiger partial charge < -0.3 is 9.30 Å². The zero-order valence-electron chi connectivity index (χ0n) is 19.1. The van der Waals surface area contributed by atoms with E-state index in [9.17, 15) is 0 Å². The first kappa shape index (κ1) is 21.5. The third-order valence-corrected chi connectivity index (χ3v) is 5.67. The number of rotatable bonds is 7. The molecule has 0 fully saturated rings. The highest BCUT2D eigenvalue weighted by Crippen LogP contribution is 2.36. The quantitative estimate of drug-likeness (QED) is 0.235. The Balaban J connectivity index is 1.75. The molecular formula is C31H26N2O. The molecule has 0 amide bonds. The third-order valence-electron chi connectivity index (χ3n) is 5.67. The normalized spacial score (nSPS) is 11.1. The molecule has 0 atom stereocenters. The molecule has 0 spiro atoms. The van der Waals surface area contributed by atoms with Crippen LogP contribution in [-0.2, 0) is 0 Å². The van der Waals surface area contributed by atoms with Crippen LogP contribution in [0.1, 0.15) is 12.5 Å². The van der Waals surface area contributed by atoms with Gasteiger partial charge in [0.2, 0.25) is 0 Å². The molecule has 34 heavy (non-hydrogen) atoms. The Morgan fingerprint density at radius 3 is 1.97 bits per heavy atom. The van der Waals surface area contributed by atoms with Gasteiger partial charge >= 0.3 is 0 Å². The van der Waals surface area contributed by atoms with Gasteiger partial charge in [0, 0.05) is 17.5 Å². The van der Waals surface area contributed by atoms with E-state index in [1.54, 1.807) is 0 Å². The van der Waals surface area contributed by atoms with Crippen molar-refractivity contribution in [2.45, 2.75) is 6.92 Å². The summed E-state index contributed by atoms with van der Waals surface area (Å²) in [4.78, 5) is 4.86. The van der Waals surface area contributed by atoms with Crippen molar-refractivity contribution in [3.05, 3.63) is 127 Å². The van der Waals surface area contributed by atoms with Crippen LogP contribution in [0.3, 0.4) is 0 Å². The van der Waals surface area contributed by atoms with Crippen molar-refractivity contribution in [3.8, 4) is 34.0 Å². The summed E-state index contributed by atoms with van der Waals surface area (Å²) in [5.74, 6) is 0.785. The molecular weight excluding hydrogens is 416 g/mol. The molecule has 4 aromatic carbocycles. The van der Waals surface area contributed by atoms with Crippen LogP contribution in [-0.4, -0.2) is 17.4 Å². The van der Waals surface area contributed by atoms with E-state index in [1.165, 1.54) is 0 Å². The second kappa shape index (κ2) is 10.1. The highest BCUT2D eigenvalue weighted by atomic mass is 16.5. The van der Waals surface area contributed by atoms with Crippen molar-refractivity contribution in [1.29, 1.82) is 0 Å². The van der Waals surface area contributed by atoms with Crippen LogP contribution < -0.4 is 4.74 Å². The first-order chi connectivity index (χ1) is 16.8. The smallest absolute Gasteiger partial charge is 0.144 e. The van der Waals surface area contributed by atoms with Crippen LogP contribution >= 0.6 is 0 Å². The van der Waals surface area contributed by atoms with Crippen LogP contribution in [0.2, 0.25) is 0 Å². The van der Waals surface area contributed by atoms with Gasteiger partial charge in [-0.25, -0.2) is 0 Å². The van der Waals surface area contributed by atoms with Gasteiger partial charge in [0.05, 0.1) is 18.0 Å². The molecule has 0 N–H and O–H groups in total. The van der Waals surface area contributed by atoms with Gasteiger partial charge in [-0.1, -0.05) is 91.0 Å². The van der Waals surface area contributed by atoms with Crippen molar-refractivity contribution in [3.63, 3.8) is 0 Å². The van der Waals surface area contributed by atoms with Crippen molar-refractivity contribution >= 4 is 11.9 Å². The standard InChI is InChI=1S/C31H26N2O/c1-2-34-30-21-13-12-20-28(30)32-23-26-22-29(24-14-6-3-7-15-24)33(27-18-10-5-11-19-27)31(26)25-16-8-4-9-17-25/h3-23H,2H2,1H3. The predicted molar refractivity (Wildman–Crippen MR) is 142 cm³/mol. The van der Waals surface area contributed by atoms with Crippen LogP contribution in [0, 0.1) is 0 Å². The van der Waals surface area contributed by atoms with Crippen molar-refractivity contribution in [1.82, 2.24) is 4.57 Å². The van der Waals surface area contributed by atoms with E-state index >= 15 is 0 Å². The maximum atomic E-state index is 5.79. The van der Waals surface area contributed by atoms with Crippen molar-refractivity contribution in [2.24, 2.45) is 4.99 Å². The summed E-state index contributed by atoms with van der Waals surface area (Å²) < 4.78 is 8.11. The third kappa shape index (κ3) is 4.41. The number of aromatic nitrogens is 1. The Bertz CT molecular complexity index is 1390. The molecule has 0 aliphatic heterocycles. The largest absolute Gasteiger partial charge is 0.492 e. The van der Waals surface area contributed by atoms with Crippen LogP contribution in [0.5, 0.6) is 5.75 Å². The van der Waals surface area contributed by atoms with E-state index in [4.69, 9.17) is 9.73 Å². The fraction of sp³-hybridized carbons (Fsp3) is 0.0645. The van der Waals surface area contributed by atoms with Gasteiger partial charge in [-0.2, -0.15) is 0 Å². The molecule has 5 aromatic rings. The average molecular weight is 443 g/mol. The Morgan fingerprint density at radius 2 is 1.29 bits per heavy atom. The van der Waals surface area contributed by atoms with E-state index in [1.807, 2.05) is 55.6 Å². The van der Waals surface area contributed by atoms with E-state index < -0.39 is 0 Å². The lowest BCUT2D eigenvalue weighted by Gasteiger charge is -2.15. The van der Waals surface area contributed by atoms with E-state index in [0.29, 0.717) is 6.61 Å². The summed E-state index contributed by atoms with van der Waals surface area (Å²) >= 11 is 0. The second-order valence-electron chi connectivity index (χ2n) is 7.90. The molecule has 1 heterocycles. The zero-order valence-corrected chi connectivity index (χ0v) is 19.1. The molecule has 0 unspecified atom stereocenters. The summed E-state index contributed by atoms with van der Waals surface area (Å²) in [6.07, 6.45) is 1.95. The summed E-state index contributed by atoms with van der Waals surface area (Å²) in [6.45, 7) is 2.59. The lowest BCUT2D eigenvalue weighted by atomic mass is 10.1. The maximum absolute atomic E-state index is 5.79. The fourth-order valence-electron chi connectivity index (χ4n) is 4.17.